The highest BCUT2D eigenvalue weighted by molar-refractivity contribution is 5.92. The van der Waals surface area contributed by atoms with Crippen LogP contribution in [0.25, 0.3) is 0 Å². The van der Waals surface area contributed by atoms with Crippen molar-refractivity contribution in [1.82, 2.24) is 15.5 Å². The number of H-pyrrole nitrogens is 1. The van der Waals surface area contributed by atoms with Gasteiger partial charge in [0.05, 0.1) is 0 Å². The third-order valence-corrected chi connectivity index (χ3v) is 3.63. The normalized spacial score (nSPS) is 12.5. The van der Waals surface area contributed by atoms with E-state index in [1.165, 1.54) is 0 Å². The monoisotopic (exact) mass is 266 g/mol. The van der Waals surface area contributed by atoms with Gasteiger partial charge in [0.1, 0.15) is 5.69 Å². The molecule has 1 aromatic rings. The Labute approximate surface area is 115 Å². The first-order valence-corrected chi connectivity index (χ1v) is 6.85. The first-order chi connectivity index (χ1) is 8.72. The third-order valence-electron chi connectivity index (χ3n) is 3.63. The summed E-state index contributed by atoms with van der Waals surface area (Å²) in [6.45, 7) is 10.7. The van der Waals surface area contributed by atoms with Gasteiger partial charge in [-0.15, -0.1) is 0 Å². The first kappa shape index (κ1) is 15.7. The average molecular weight is 266 g/mol. The first-order valence-electron chi connectivity index (χ1n) is 6.85. The number of aromatic nitrogens is 2. The highest BCUT2D eigenvalue weighted by Gasteiger charge is 2.23. The van der Waals surface area contributed by atoms with Crippen LogP contribution in [0.5, 0.6) is 0 Å². The second-order valence-electron chi connectivity index (χ2n) is 6.17. The lowest BCUT2D eigenvalue weighted by Crippen LogP contribution is -2.49. The lowest BCUT2D eigenvalue weighted by Gasteiger charge is -2.26. The summed E-state index contributed by atoms with van der Waals surface area (Å²) in [5, 5.41) is 9.83. The third kappa shape index (κ3) is 4.06. The Morgan fingerprint density at radius 1 is 1.37 bits per heavy atom. The molecule has 0 spiro atoms. The van der Waals surface area contributed by atoms with Crippen molar-refractivity contribution in [2.75, 3.05) is 6.54 Å². The Bertz CT molecular complexity index is 427. The fourth-order valence-electron chi connectivity index (χ4n) is 1.67. The van der Waals surface area contributed by atoms with Gasteiger partial charge in [-0.25, -0.2) is 0 Å². The summed E-state index contributed by atoms with van der Waals surface area (Å²) in [4.78, 5) is 12.0. The maximum absolute atomic E-state index is 12.0. The van der Waals surface area contributed by atoms with Gasteiger partial charge in [0, 0.05) is 23.2 Å². The van der Waals surface area contributed by atoms with E-state index < -0.39 is 0 Å². The molecule has 108 valence electrons. The van der Waals surface area contributed by atoms with Crippen molar-refractivity contribution in [3.05, 3.63) is 17.5 Å². The molecule has 0 fully saturated rings. The summed E-state index contributed by atoms with van der Waals surface area (Å²) in [6.07, 6.45) is 1.66. The van der Waals surface area contributed by atoms with Crippen molar-refractivity contribution >= 4 is 5.91 Å². The van der Waals surface area contributed by atoms with Gasteiger partial charge in [0.25, 0.3) is 5.91 Å². The molecule has 0 aliphatic carbocycles. The molecule has 0 radical (unpaired) electrons. The van der Waals surface area contributed by atoms with E-state index in [4.69, 9.17) is 5.73 Å². The van der Waals surface area contributed by atoms with Crippen molar-refractivity contribution in [3.8, 4) is 0 Å². The zero-order valence-electron chi connectivity index (χ0n) is 12.6. The van der Waals surface area contributed by atoms with Crippen LogP contribution in [0.15, 0.2) is 6.07 Å². The van der Waals surface area contributed by atoms with E-state index in [0.717, 1.165) is 18.5 Å². The minimum absolute atomic E-state index is 0.0456. The van der Waals surface area contributed by atoms with Gasteiger partial charge in [-0.2, -0.15) is 5.10 Å². The van der Waals surface area contributed by atoms with E-state index in [9.17, 15) is 4.79 Å². The van der Waals surface area contributed by atoms with E-state index >= 15 is 0 Å². The molecule has 0 saturated carbocycles. The molecule has 0 unspecified atom stereocenters. The number of hydrogen-bond acceptors (Lipinski definition) is 3. The predicted octanol–water partition coefficient (Wildman–Crippen LogP) is 1.95. The van der Waals surface area contributed by atoms with Gasteiger partial charge < -0.3 is 11.1 Å². The summed E-state index contributed by atoms with van der Waals surface area (Å²) in [5.41, 5.74) is 7.14. The molecule has 1 aromatic heterocycles. The molecule has 0 bridgehead atoms. The number of amides is 1. The van der Waals surface area contributed by atoms with Crippen molar-refractivity contribution < 1.29 is 4.79 Å². The topological polar surface area (TPSA) is 83.8 Å². The number of nitrogens with zero attached hydrogens (tertiary/aromatic N) is 1. The van der Waals surface area contributed by atoms with Gasteiger partial charge >= 0.3 is 0 Å². The number of hydrogen-bond donors (Lipinski definition) is 3. The van der Waals surface area contributed by atoms with Crippen LogP contribution >= 0.6 is 0 Å². The molecule has 0 saturated heterocycles. The Morgan fingerprint density at radius 2 is 1.95 bits per heavy atom. The second kappa shape index (κ2) is 5.74. The number of nitrogens with one attached hydrogen (secondary N) is 2. The number of rotatable bonds is 5. The highest BCUT2D eigenvalue weighted by atomic mass is 16.1. The minimum atomic E-state index is -0.334. The molecule has 0 atom stereocenters. The molecule has 1 amide bonds. The van der Waals surface area contributed by atoms with Crippen LogP contribution in [0.3, 0.4) is 0 Å². The summed E-state index contributed by atoms with van der Waals surface area (Å²) >= 11 is 0. The Hall–Kier alpha value is -1.36. The van der Waals surface area contributed by atoms with Crippen LogP contribution in [0.1, 0.15) is 63.6 Å². The summed E-state index contributed by atoms with van der Waals surface area (Å²) < 4.78 is 0. The zero-order valence-corrected chi connectivity index (χ0v) is 12.6. The van der Waals surface area contributed by atoms with Crippen molar-refractivity contribution in [1.29, 1.82) is 0 Å². The molecule has 1 rings (SSSR count). The van der Waals surface area contributed by atoms with Gasteiger partial charge in [-0.3, -0.25) is 9.89 Å². The molecular weight excluding hydrogens is 240 g/mol. The summed E-state index contributed by atoms with van der Waals surface area (Å²) in [7, 11) is 0. The molecule has 0 aromatic carbocycles. The molecule has 0 aliphatic rings. The predicted molar refractivity (Wildman–Crippen MR) is 77.1 cm³/mol. The van der Waals surface area contributed by atoms with Crippen molar-refractivity contribution in [3.63, 3.8) is 0 Å². The van der Waals surface area contributed by atoms with Crippen molar-refractivity contribution in [2.24, 2.45) is 5.73 Å². The second-order valence-corrected chi connectivity index (χ2v) is 6.17. The van der Waals surface area contributed by atoms with Gasteiger partial charge in [0.15, 0.2) is 0 Å². The number of aromatic amines is 1. The number of nitrogens with two attached hydrogens (primary N) is 1. The smallest absolute Gasteiger partial charge is 0.271 e. The van der Waals surface area contributed by atoms with Crippen molar-refractivity contribution in [2.45, 2.75) is 58.4 Å². The van der Waals surface area contributed by atoms with E-state index in [-0.39, 0.29) is 16.9 Å². The maximum atomic E-state index is 12.0. The average Bonchev–Trinajstić information content (AvgIpc) is 2.85. The van der Waals surface area contributed by atoms with Crippen LogP contribution in [-0.2, 0) is 5.41 Å². The van der Waals surface area contributed by atoms with E-state index in [1.54, 1.807) is 6.07 Å². The molecular formula is C14H26N4O. The minimum Gasteiger partial charge on any atom is -0.349 e. The Balaban J connectivity index is 2.67. The van der Waals surface area contributed by atoms with Gasteiger partial charge in [-0.05, 0) is 18.9 Å². The fourth-order valence-corrected chi connectivity index (χ4v) is 1.67. The van der Waals surface area contributed by atoms with Gasteiger partial charge in [0.2, 0.25) is 0 Å². The van der Waals surface area contributed by atoms with Crippen LogP contribution in [-0.4, -0.2) is 28.2 Å². The van der Waals surface area contributed by atoms with Gasteiger partial charge in [-0.1, -0.05) is 34.6 Å². The molecule has 0 aliphatic heterocycles. The van der Waals surface area contributed by atoms with Crippen LogP contribution in [0.4, 0.5) is 0 Å². The lowest BCUT2D eigenvalue weighted by atomic mass is 9.92. The standard InChI is InChI=1S/C14H26N4O/c1-6-14(15,7-2)9-16-12(19)10-8-11(18-17-10)13(3,4)5/h8H,6-7,9,15H2,1-5H3,(H,16,19)(H,17,18). The Morgan fingerprint density at radius 3 is 2.37 bits per heavy atom. The quantitative estimate of drug-likeness (QED) is 0.761. The number of carbonyl (C=O) groups is 1. The lowest BCUT2D eigenvalue weighted by molar-refractivity contribution is 0.0937. The van der Waals surface area contributed by atoms with E-state index in [1.807, 2.05) is 13.8 Å². The molecule has 5 heteroatoms. The number of carbonyl (C=O) groups excluding carboxylic acids is 1. The van der Waals surface area contributed by atoms with E-state index in [2.05, 4.69) is 36.3 Å². The van der Waals surface area contributed by atoms with Crippen LogP contribution in [0, 0.1) is 0 Å². The van der Waals surface area contributed by atoms with E-state index in [0.29, 0.717) is 12.2 Å². The molecule has 4 N–H and O–H groups in total. The fraction of sp³-hybridized carbons (Fsp3) is 0.714. The largest absolute Gasteiger partial charge is 0.349 e. The molecule has 5 nitrogen and oxygen atoms in total. The Kier molecular flexibility index (Phi) is 4.74. The summed E-state index contributed by atoms with van der Waals surface area (Å²) in [6, 6.07) is 1.80. The highest BCUT2D eigenvalue weighted by Crippen LogP contribution is 2.20. The van der Waals surface area contributed by atoms with Crippen LogP contribution in [0.2, 0.25) is 0 Å². The maximum Gasteiger partial charge on any atom is 0.271 e. The molecule has 1 heterocycles. The summed E-state index contributed by atoms with van der Waals surface area (Å²) in [5.74, 6) is -0.177. The SMILES string of the molecule is CCC(N)(CC)CNC(=O)c1cc(C(C)(C)C)[nH]n1. The zero-order chi connectivity index (χ0) is 14.7. The molecule has 19 heavy (non-hydrogen) atoms. The van der Waals surface area contributed by atoms with Crippen LogP contribution < -0.4 is 11.1 Å².